The molecule has 0 aliphatic rings. The second-order valence-electron chi connectivity index (χ2n) is 7.66. The average molecular weight is 563 g/mol. The summed E-state index contributed by atoms with van der Waals surface area (Å²) in [6.07, 6.45) is 1.39. The van der Waals surface area contributed by atoms with Crippen LogP contribution in [0.1, 0.15) is 11.1 Å². The molecular formula is C27H17BrClN3O4. The molecule has 0 atom stereocenters. The Morgan fingerprint density at radius 1 is 1.11 bits per heavy atom. The van der Waals surface area contributed by atoms with Gasteiger partial charge in [0.05, 0.1) is 9.40 Å². The first-order chi connectivity index (χ1) is 17.4. The second kappa shape index (κ2) is 11.0. The van der Waals surface area contributed by atoms with E-state index in [4.69, 9.17) is 16.3 Å². The molecule has 1 amide bonds. The number of rotatable bonds is 7. The van der Waals surface area contributed by atoms with Gasteiger partial charge in [0.15, 0.2) is 0 Å². The zero-order valence-electron chi connectivity index (χ0n) is 18.6. The second-order valence-corrected chi connectivity index (χ2v) is 8.95. The van der Waals surface area contributed by atoms with Crippen LogP contribution in [-0.2, 0) is 11.4 Å². The summed E-state index contributed by atoms with van der Waals surface area (Å²) in [5.41, 5.74) is 0.952. The van der Waals surface area contributed by atoms with Crippen molar-refractivity contribution in [3.63, 3.8) is 0 Å². The molecule has 0 aliphatic heterocycles. The number of nitro benzene ring substituents is 1. The summed E-state index contributed by atoms with van der Waals surface area (Å²) in [5.74, 6) is -0.185. The van der Waals surface area contributed by atoms with Crippen molar-refractivity contribution in [1.82, 2.24) is 0 Å². The molecule has 0 fully saturated rings. The van der Waals surface area contributed by atoms with Gasteiger partial charge in [-0.05, 0) is 68.2 Å². The fourth-order valence-electron chi connectivity index (χ4n) is 3.56. The summed E-state index contributed by atoms with van der Waals surface area (Å²) in [7, 11) is 0. The minimum Gasteiger partial charge on any atom is -0.488 e. The molecule has 4 aromatic rings. The van der Waals surface area contributed by atoms with Gasteiger partial charge in [-0.15, -0.1) is 0 Å². The van der Waals surface area contributed by atoms with E-state index in [1.165, 1.54) is 18.2 Å². The summed E-state index contributed by atoms with van der Waals surface area (Å²) < 4.78 is 6.64. The van der Waals surface area contributed by atoms with E-state index < -0.39 is 10.8 Å². The Kier molecular flexibility index (Phi) is 7.64. The molecular weight excluding hydrogens is 546 g/mol. The van der Waals surface area contributed by atoms with Crippen molar-refractivity contribution in [2.24, 2.45) is 0 Å². The summed E-state index contributed by atoms with van der Waals surface area (Å²) in [6, 6.07) is 24.9. The topological polar surface area (TPSA) is 105 Å². The zero-order chi connectivity index (χ0) is 25.7. The fourth-order valence-corrected chi connectivity index (χ4v) is 4.24. The minimum absolute atomic E-state index is 0.0612. The van der Waals surface area contributed by atoms with Crippen molar-refractivity contribution in [2.45, 2.75) is 6.61 Å². The molecule has 0 aromatic heterocycles. The quantitative estimate of drug-likeness (QED) is 0.110. The van der Waals surface area contributed by atoms with Gasteiger partial charge in [0.1, 0.15) is 29.7 Å². The highest BCUT2D eigenvalue weighted by molar-refractivity contribution is 9.10. The van der Waals surface area contributed by atoms with E-state index in [1.807, 2.05) is 48.5 Å². The van der Waals surface area contributed by atoms with Gasteiger partial charge in [0, 0.05) is 11.1 Å². The summed E-state index contributed by atoms with van der Waals surface area (Å²) in [4.78, 5) is 23.2. The number of carbonyl (C=O) groups excluding carboxylic acids is 1. The van der Waals surface area contributed by atoms with Gasteiger partial charge in [-0.1, -0.05) is 60.1 Å². The Morgan fingerprint density at radius 3 is 2.64 bits per heavy atom. The monoisotopic (exact) mass is 561 g/mol. The maximum Gasteiger partial charge on any atom is 0.294 e. The number of benzene rings is 4. The van der Waals surface area contributed by atoms with Gasteiger partial charge < -0.3 is 10.1 Å². The number of anilines is 1. The number of hydrogen-bond donors (Lipinski definition) is 1. The number of nitrogens with one attached hydrogen (secondary N) is 1. The number of fused-ring (bicyclic) bond motifs is 1. The van der Waals surface area contributed by atoms with Crippen LogP contribution in [0.4, 0.5) is 11.4 Å². The molecule has 0 radical (unpaired) electrons. The van der Waals surface area contributed by atoms with Crippen molar-refractivity contribution in [1.29, 1.82) is 5.26 Å². The number of halogens is 2. The lowest BCUT2D eigenvalue weighted by molar-refractivity contribution is -0.383. The van der Waals surface area contributed by atoms with E-state index in [0.29, 0.717) is 22.4 Å². The molecule has 0 heterocycles. The molecule has 36 heavy (non-hydrogen) atoms. The first-order valence-corrected chi connectivity index (χ1v) is 11.8. The van der Waals surface area contributed by atoms with Crippen LogP contribution >= 0.6 is 27.5 Å². The van der Waals surface area contributed by atoms with Crippen LogP contribution in [-0.4, -0.2) is 10.8 Å². The van der Waals surface area contributed by atoms with Gasteiger partial charge in [-0.3, -0.25) is 14.9 Å². The van der Waals surface area contributed by atoms with Crippen LogP contribution in [0, 0.1) is 21.4 Å². The Bertz CT molecular complexity index is 1560. The predicted molar refractivity (Wildman–Crippen MR) is 143 cm³/mol. The third-order valence-corrected chi connectivity index (χ3v) is 6.15. The molecule has 4 rings (SSSR count). The molecule has 0 unspecified atom stereocenters. The predicted octanol–water partition coefficient (Wildman–Crippen LogP) is 7.29. The third kappa shape index (κ3) is 5.71. The highest BCUT2D eigenvalue weighted by atomic mass is 79.9. The molecule has 0 saturated heterocycles. The van der Waals surface area contributed by atoms with E-state index in [2.05, 4.69) is 21.2 Å². The highest BCUT2D eigenvalue weighted by Gasteiger charge is 2.18. The SMILES string of the molecule is N#CC(=Cc1ccc(OCc2cccc3ccccc23)c(Br)c1)C(=O)Nc1ccc(Cl)cc1[N+](=O)[O-]. The standard InChI is InChI=1S/C27H17BrClN3O4/c28-23-13-17(8-11-26(23)36-16-19-6-3-5-18-4-1-2-7-22(18)19)12-20(15-30)27(33)31-24-10-9-21(29)14-25(24)32(34)35/h1-14H,16H2,(H,31,33). The number of nitriles is 1. The summed E-state index contributed by atoms with van der Waals surface area (Å²) in [5, 5.41) is 25.6. The molecule has 9 heteroatoms. The maximum atomic E-state index is 12.6. The van der Waals surface area contributed by atoms with Crippen molar-refractivity contribution in [2.75, 3.05) is 5.32 Å². The Hall–Kier alpha value is -4.19. The lowest BCUT2D eigenvalue weighted by atomic mass is 10.1. The van der Waals surface area contributed by atoms with Gasteiger partial charge in [0.2, 0.25) is 0 Å². The van der Waals surface area contributed by atoms with Crippen molar-refractivity contribution in [3.05, 3.63) is 115 Å². The number of carbonyl (C=O) groups is 1. The van der Waals surface area contributed by atoms with Crippen LogP contribution in [0.15, 0.2) is 88.9 Å². The fraction of sp³-hybridized carbons (Fsp3) is 0.0370. The van der Waals surface area contributed by atoms with E-state index in [0.717, 1.165) is 22.4 Å². The summed E-state index contributed by atoms with van der Waals surface area (Å²) in [6.45, 7) is 0.362. The minimum atomic E-state index is -0.782. The molecule has 7 nitrogen and oxygen atoms in total. The van der Waals surface area contributed by atoms with Gasteiger partial charge >= 0.3 is 0 Å². The van der Waals surface area contributed by atoms with Gasteiger partial charge in [0.25, 0.3) is 11.6 Å². The Balaban J connectivity index is 1.50. The van der Waals surface area contributed by atoms with E-state index in [9.17, 15) is 20.2 Å². The van der Waals surface area contributed by atoms with E-state index in [1.54, 1.807) is 18.2 Å². The van der Waals surface area contributed by atoms with Crippen molar-refractivity contribution in [3.8, 4) is 11.8 Å². The molecule has 4 aromatic carbocycles. The van der Waals surface area contributed by atoms with E-state index >= 15 is 0 Å². The van der Waals surface area contributed by atoms with Crippen LogP contribution in [0.3, 0.4) is 0 Å². The smallest absolute Gasteiger partial charge is 0.294 e. The van der Waals surface area contributed by atoms with Crippen LogP contribution in [0.25, 0.3) is 16.8 Å². The Morgan fingerprint density at radius 2 is 1.89 bits per heavy atom. The lowest BCUT2D eigenvalue weighted by Crippen LogP contribution is -2.14. The zero-order valence-corrected chi connectivity index (χ0v) is 20.9. The third-order valence-electron chi connectivity index (χ3n) is 5.30. The lowest BCUT2D eigenvalue weighted by Gasteiger charge is -2.11. The normalized spacial score (nSPS) is 11.1. The Labute approximate surface area is 219 Å². The molecule has 0 spiro atoms. The van der Waals surface area contributed by atoms with Crippen molar-refractivity contribution < 1.29 is 14.5 Å². The van der Waals surface area contributed by atoms with Crippen LogP contribution in [0.5, 0.6) is 5.75 Å². The molecule has 0 saturated carbocycles. The number of nitro groups is 1. The number of amides is 1. The number of hydrogen-bond acceptors (Lipinski definition) is 5. The number of ether oxygens (including phenoxy) is 1. The van der Waals surface area contributed by atoms with Gasteiger partial charge in [-0.2, -0.15) is 5.26 Å². The first kappa shape index (κ1) is 24.9. The van der Waals surface area contributed by atoms with E-state index in [-0.39, 0.29) is 22.0 Å². The van der Waals surface area contributed by atoms with Crippen molar-refractivity contribution >= 4 is 61.7 Å². The largest absolute Gasteiger partial charge is 0.488 e. The maximum absolute atomic E-state index is 12.6. The highest BCUT2D eigenvalue weighted by Crippen LogP contribution is 2.30. The summed E-state index contributed by atoms with van der Waals surface area (Å²) >= 11 is 9.29. The van der Waals surface area contributed by atoms with Gasteiger partial charge in [-0.25, -0.2) is 0 Å². The van der Waals surface area contributed by atoms with Crippen LogP contribution < -0.4 is 10.1 Å². The molecule has 178 valence electrons. The first-order valence-electron chi connectivity index (χ1n) is 10.6. The van der Waals surface area contributed by atoms with Crippen LogP contribution in [0.2, 0.25) is 5.02 Å². The molecule has 0 aliphatic carbocycles. The molecule has 1 N–H and O–H groups in total. The number of nitrogens with zero attached hydrogens (tertiary/aromatic N) is 2. The average Bonchev–Trinajstić information content (AvgIpc) is 2.87. The molecule has 0 bridgehead atoms.